The van der Waals surface area contributed by atoms with Crippen LogP contribution in [0.15, 0.2) is 34.3 Å². The van der Waals surface area contributed by atoms with E-state index in [1.807, 2.05) is 6.07 Å². The predicted octanol–water partition coefficient (Wildman–Crippen LogP) is 3.19. The Morgan fingerprint density at radius 3 is 2.64 bits per heavy atom. The second-order valence-electron chi connectivity index (χ2n) is 7.09. The Hall–Kier alpha value is -1.42. The van der Waals surface area contributed by atoms with Crippen molar-refractivity contribution in [2.45, 2.75) is 48.7 Å². The van der Waals surface area contributed by atoms with E-state index in [1.54, 1.807) is 30.0 Å². The molecule has 1 saturated carbocycles. The highest BCUT2D eigenvalue weighted by Gasteiger charge is 2.28. The fraction of sp³-hybridized carbons (Fsp3) is 0.579. The van der Waals surface area contributed by atoms with Gasteiger partial charge in [0.25, 0.3) is 0 Å². The van der Waals surface area contributed by atoms with E-state index in [1.165, 1.54) is 17.1 Å². The highest BCUT2D eigenvalue weighted by molar-refractivity contribution is 7.99. The number of benzene rings is 1. The molecule has 2 fully saturated rings. The minimum absolute atomic E-state index is 0.303. The van der Waals surface area contributed by atoms with Crippen LogP contribution in [0.4, 0.5) is 0 Å². The van der Waals surface area contributed by atoms with Gasteiger partial charge in [0.15, 0.2) is 11.0 Å². The van der Waals surface area contributed by atoms with Crippen molar-refractivity contribution in [3.63, 3.8) is 0 Å². The van der Waals surface area contributed by atoms with Gasteiger partial charge >= 0.3 is 0 Å². The molecule has 9 heteroatoms. The van der Waals surface area contributed by atoms with Crippen LogP contribution in [0.1, 0.15) is 38.6 Å². The molecule has 0 spiro atoms. The number of morpholine rings is 1. The molecule has 152 valence electrons. The lowest BCUT2D eigenvalue weighted by Crippen LogP contribution is -2.40. The van der Waals surface area contributed by atoms with Gasteiger partial charge in [-0.05, 0) is 30.7 Å². The third kappa shape index (κ3) is 3.85. The van der Waals surface area contributed by atoms with Crippen LogP contribution >= 0.6 is 11.8 Å². The van der Waals surface area contributed by atoms with Crippen LogP contribution in [0.2, 0.25) is 0 Å². The largest absolute Gasteiger partial charge is 0.379 e. The number of hydrogen-bond donors (Lipinski definition) is 0. The fourth-order valence-corrected chi connectivity index (χ4v) is 6.11. The Bertz CT molecular complexity index is 917. The number of sulfonamides is 1. The van der Waals surface area contributed by atoms with Gasteiger partial charge in [-0.1, -0.05) is 43.7 Å². The van der Waals surface area contributed by atoms with Crippen LogP contribution in [0, 0.1) is 0 Å². The molecule has 7 nitrogen and oxygen atoms in total. The van der Waals surface area contributed by atoms with Gasteiger partial charge in [-0.3, -0.25) is 4.57 Å². The van der Waals surface area contributed by atoms with Crippen molar-refractivity contribution in [2.24, 2.45) is 0 Å². The number of rotatable bonds is 6. The van der Waals surface area contributed by atoms with Crippen LogP contribution in [-0.4, -0.2) is 59.5 Å². The molecule has 1 saturated heterocycles. The molecular weight excluding hydrogens is 396 g/mol. The Balaban J connectivity index is 1.72. The molecule has 1 aliphatic heterocycles. The van der Waals surface area contributed by atoms with Gasteiger partial charge < -0.3 is 4.74 Å². The van der Waals surface area contributed by atoms with E-state index in [0.29, 0.717) is 37.2 Å². The lowest BCUT2D eigenvalue weighted by atomic mass is 10.2. The summed E-state index contributed by atoms with van der Waals surface area (Å²) >= 11 is 1.69. The third-order valence-electron chi connectivity index (χ3n) is 5.33. The van der Waals surface area contributed by atoms with E-state index in [2.05, 4.69) is 21.7 Å². The molecule has 1 aromatic carbocycles. The topological polar surface area (TPSA) is 77.3 Å². The molecule has 4 rings (SSSR count). The van der Waals surface area contributed by atoms with E-state index in [4.69, 9.17) is 4.74 Å². The molecule has 2 heterocycles. The number of hydrogen-bond acceptors (Lipinski definition) is 6. The Labute approximate surface area is 170 Å². The summed E-state index contributed by atoms with van der Waals surface area (Å²) in [4.78, 5) is 0.303. The summed E-state index contributed by atoms with van der Waals surface area (Å²) in [7, 11) is -3.54. The smallest absolute Gasteiger partial charge is 0.243 e. The summed E-state index contributed by atoms with van der Waals surface area (Å²) < 4.78 is 35.1. The van der Waals surface area contributed by atoms with E-state index in [0.717, 1.165) is 35.1 Å². The van der Waals surface area contributed by atoms with Crippen molar-refractivity contribution < 1.29 is 13.2 Å². The number of nitrogens with zero attached hydrogens (tertiary/aromatic N) is 4. The molecule has 1 aromatic heterocycles. The minimum atomic E-state index is -3.54. The van der Waals surface area contributed by atoms with E-state index in [9.17, 15) is 8.42 Å². The lowest BCUT2D eigenvalue weighted by Gasteiger charge is -2.26. The SMILES string of the molecule is CCSc1nnc(-c2cccc(S(=O)(=O)N3CCOCC3)c2)n1C1CCCC1. The molecule has 0 radical (unpaired) electrons. The zero-order chi connectivity index (χ0) is 19.6. The fourth-order valence-electron chi connectivity index (χ4n) is 3.92. The van der Waals surface area contributed by atoms with Crippen LogP contribution < -0.4 is 0 Å². The number of ether oxygens (including phenoxy) is 1. The summed E-state index contributed by atoms with van der Waals surface area (Å²) in [5.41, 5.74) is 0.802. The number of aromatic nitrogens is 3. The molecule has 0 N–H and O–H groups in total. The zero-order valence-electron chi connectivity index (χ0n) is 16.1. The maximum atomic E-state index is 13.0. The second-order valence-corrected chi connectivity index (χ2v) is 10.3. The maximum absolute atomic E-state index is 13.0. The average molecular weight is 423 g/mol. The van der Waals surface area contributed by atoms with Crippen LogP contribution in [-0.2, 0) is 14.8 Å². The standard InChI is InChI=1S/C19H26N4O3S2/c1-2-27-19-21-20-18(23(19)16-7-3-4-8-16)15-6-5-9-17(14-15)28(24,25)22-10-12-26-13-11-22/h5-6,9,14,16H,2-4,7-8,10-13H2,1H3. The van der Waals surface area contributed by atoms with Gasteiger partial charge in [0.2, 0.25) is 10.0 Å². The van der Waals surface area contributed by atoms with Crippen molar-refractivity contribution in [2.75, 3.05) is 32.1 Å². The molecular formula is C19H26N4O3S2. The van der Waals surface area contributed by atoms with Crippen molar-refractivity contribution in [3.05, 3.63) is 24.3 Å². The summed E-state index contributed by atoms with van der Waals surface area (Å²) in [5, 5.41) is 9.78. The lowest BCUT2D eigenvalue weighted by molar-refractivity contribution is 0.0730. The number of thioether (sulfide) groups is 1. The predicted molar refractivity (Wildman–Crippen MR) is 109 cm³/mol. The van der Waals surface area contributed by atoms with Crippen LogP contribution in [0.25, 0.3) is 11.4 Å². The van der Waals surface area contributed by atoms with E-state index < -0.39 is 10.0 Å². The molecule has 2 aromatic rings. The second kappa shape index (κ2) is 8.52. The molecule has 0 atom stereocenters. The molecule has 0 amide bonds. The Morgan fingerprint density at radius 1 is 1.18 bits per heavy atom. The van der Waals surface area contributed by atoms with Crippen molar-refractivity contribution >= 4 is 21.8 Å². The van der Waals surface area contributed by atoms with E-state index in [-0.39, 0.29) is 0 Å². The monoisotopic (exact) mass is 422 g/mol. The molecule has 0 bridgehead atoms. The Kier molecular flexibility index (Phi) is 6.05. The highest BCUT2D eigenvalue weighted by Crippen LogP contribution is 2.37. The molecule has 1 aliphatic carbocycles. The van der Waals surface area contributed by atoms with Gasteiger partial charge in [-0.2, -0.15) is 4.31 Å². The van der Waals surface area contributed by atoms with Gasteiger partial charge in [0.05, 0.1) is 18.1 Å². The first kappa shape index (κ1) is 19.9. The quantitative estimate of drug-likeness (QED) is 0.666. The average Bonchev–Trinajstić information content (AvgIpc) is 3.39. The van der Waals surface area contributed by atoms with Gasteiger partial charge in [0.1, 0.15) is 0 Å². The zero-order valence-corrected chi connectivity index (χ0v) is 17.7. The summed E-state index contributed by atoms with van der Waals surface area (Å²) in [6, 6.07) is 7.50. The Morgan fingerprint density at radius 2 is 1.93 bits per heavy atom. The van der Waals surface area contributed by atoms with Gasteiger partial charge in [-0.25, -0.2) is 8.42 Å². The van der Waals surface area contributed by atoms with Crippen LogP contribution in [0.3, 0.4) is 0 Å². The van der Waals surface area contributed by atoms with Crippen molar-refractivity contribution in [1.82, 2.24) is 19.1 Å². The highest BCUT2D eigenvalue weighted by atomic mass is 32.2. The molecule has 2 aliphatic rings. The normalized spacial score (nSPS) is 19.3. The minimum Gasteiger partial charge on any atom is -0.379 e. The first-order chi connectivity index (χ1) is 13.6. The first-order valence-electron chi connectivity index (χ1n) is 9.87. The summed E-state index contributed by atoms with van der Waals surface area (Å²) in [6.07, 6.45) is 4.66. The van der Waals surface area contributed by atoms with Crippen LogP contribution in [0.5, 0.6) is 0 Å². The van der Waals surface area contributed by atoms with Crippen molar-refractivity contribution in [1.29, 1.82) is 0 Å². The van der Waals surface area contributed by atoms with Gasteiger partial charge in [-0.15, -0.1) is 10.2 Å². The van der Waals surface area contributed by atoms with Crippen molar-refractivity contribution in [3.8, 4) is 11.4 Å². The van der Waals surface area contributed by atoms with E-state index >= 15 is 0 Å². The summed E-state index contributed by atoms with van der Waals surface area (Å²) in [5.74, 6) is 1.69. The first-order valence-corrected chi connectivity index (χ1v) is 12.3. The molecule has 28 heavy (non-hydrogen) atoms. The molecule has 0 unspecified atom stereocenters. The third-order valence-corrected chi connectivity index (χ3v) is 8.05. The van der Waals surface area contributed by atoms with Gasteiger partial charge in [0, 0.05) is 24.7 Å². The summed E-state index contributed by atoms with van der Waals surface area (Å²) in [6.45, 7) is 3.76. The maximum Gasteiger partial charge on any atom is 0.243 e.